The summed E-state index contributed by atoms with van der Waals surface area (Å²) in [5, 5.41) is 4.08. The number of rotatable bonds is 1. The third-order valence-electron chi connectivity index (χ3n) is 1.78. The van der Waals surface area contributed by atoms with Gasteiger partial charge in [-0.25, -0.2) is 9.97 Å². The fourth-order valence-corrected chi connectivity index (χ4v) is 1.20. The zero-order chi connectivity index (χ0) is 8.39. The summed E-state index contributed by atoms with van der Waals surface area (Å²) < 4.78 is 0. The Balaban J connectivity index is 2.79. The SMILES string of the molecule is CNc1ncnc2ccccc12. The molecule has 0 radical (unpaired) electrons. The lowest BCUT2D eigenvalue weighted by atomic mass is 10.2. The van der Waals surface area contributed by atoms with Crippen LogP contribution >= 0.6 is 0 Å². The summed E-state index contributed by atoms with van der Waals surface area (Å²) in [6, 6.07) is 7.92. The van der Waals surface area contributed by atoms with E-state index >= 15 is 0 Å². The number of anilines is 1. The fraction of sp³-hybridized carbons (Fsp3) is 0.111. The summed E-state index contributed by atoms with van der Waals surface area (Å²) in [5.41, 5.74) is 0.969. The van der Waals surface area contributed by atoms with E-state index in [0.29, 0.717) is 0 Å². The van der Waals surface area contributed by atoms with Gasteiger partial charge in [0.25, 0.3) is 0 Å². The molecule has 0 saturated heterocycles. The summed E-state index contributed by atoms with van der Waals surface area (Å²) >= 11 is 0. The zero-order valence-electron chi connectivity index (χ0n) is 6.78. The van der Waals surface area contributed by atoms with Crippen molar-refractivity contribution >= 4 is 16.7 Å². The first-order chi connectivity index (χ1) is 5.92. The molecule has 0 amide bonds. The van der Waals surface area contributed by atoms with Crippen LogP contribution in [0, 0.1) is 0 Å². The highest BCUT2D eigenvalue weighted by Gasteiger charge is 1.98. The Bertz CT molecular complexity index is 392. The number of aromatic nitrogens is 2. The van der Waals surface area contributed by atoms with Crippen LogP contribution in [0.1, 0.15) is 0 Å². The van der Waals surface area contributed by atoms with Gasteiger partial charge in [0, 0.05) is 12.4 Å². The van der Waals surface area contributed by atoms with Crippen LogP contribution in [-0.2, 0) is 0 Å². The lowest BCUT2D eigenvalue weighted by molar-refractivity contribution is 1.21. The Morgan fingerprint density at radius 3 is 2.83 bits per heavy atom. The number of para-hydroxylation sites is 1. The number of hydrogen-bond donors (Lipinski definition) is 1. The minimum absolute atomic E-state index is 0.876. The molecule has 2 rings (SSSR count). The minimum atomic E-state index is 0.876. The van der Waals surface area contributed by atoms with E-state index in [0.717, 1.165) is 16.7 Å². The van der Waals surface area contributed by atoms with E-state index in [1.165, 1.54) is 0 Å². The lowest BCUT2D eigenvalue weighted by Gasteiger charge is -2.01. The van der Waals surface area contributed by atoms with Crippen molar-refractivity contribution in [3.05, 3.63) is 30.6 Å². The van der Waals surface area contributed by atoms with Gasteiger partial charge in [0.2, 0.25) is 0 Å². The van der Waals surface area contributed by atoms with E-state index in [4.69, 9.17) is 0 Å². The molecule has 2 aromatic rings. The number of benzene rings is 1. The molecule has 0 fully saturated rings. The van der Waals surface area contributed by atoms with Gasteiger partial charge in [-0.3, -0.25) is 0 Å². The van der Waals surface area contributed by atoms with Crippen LogP contribution in [0.2, 0.25) is 0 Å². The van der Waals surface area contributed by atoms with Gasteiger partial charge >= 0.3 is 0 Å². The Morgan fingerprint density at radius 2 is 2.00 bits per heavy atom. The van der Waals surface area contributed by atoms with E-state index in [1.54, 1.807) is 6.33 Å². The zero-order valence-corrected chi connectivity index (χ0v) is 6.78. The van der Waals surface area contributed by atoms with Crippen molar-refractivity contribution in [2.24, 2.45) is 0 Å². The van der Waals surface area contributed by atoms with E-state index < -0.39 is 0 Å². The highest BCUT2D eigenvalue weighted by molar-refractivity contribution is 5.88. The van der Waals surface area contributed by atoms with Gasteiger partial charge in [0.05, 0.1) is 5.52 Å². The predicted molar refractivity (Wildman–Crippen MR) is 49.1 cm³/mol. The molecular weight excluding hydrogens is 150 g/mol. The molecule has 60 valence electrons. The summed E-state index contributed by atoms with van der Waals surface area (Å²) in [4.78, 5) is 8.24. The highest BCUT2D eigenvalue weighted by atomic mass is 15.0. The summed E-state index contributed by atoms with van der Waals surface area (Å²) in [6.45, 7) is 0. The van der Waals surface area contributed by atoms with Crippen molar-refractivity contribution in [3.8, 4) is 0 Å². The second kappa shape index (κ2) is 2.77. The summed E-state index contributed by atoms with van der Waals surface area (Å²) in [7, 11) is 1.86. The molecule has 3 heteroatoms. The van der Waals surface area contributed by atoms with Crippen molar-refractivity contribution in [1.82, 2.24) is 9.97 Å². The van der Waals surface area contributed by atoms with Crippen molar-refractivity contribution < 1.29 is 0 Å². The molecule has 1 heterocycles. The molecule has 12 heavy (non-hydrogen) atoms. The van der Waals surface area contributed by atoms with Crippen molar-refractivity contribution in [2.45, 2.75) is 0 Å². The van der Waals surface area contributed by atoms with Crippen molar-refractivity contribution in [2.75, 3.05) is 12.4 Å². The quantitative estimate of drug-likeness (QED) is 0.687. The molecular formula is C9H9N3. The van der Waals surface area contributed by atoms with Gasteiger partial charge in [0.1, 0.15) is 12.1 Å². The van der Waals surface area contributed by atoms with Gasteiger partial charge < -0.3 is 5.32 Å². The average molecular weight is 159 g/mol. The van der Waals surface area contributed by atoms with Crippen molar-refractivity contribution in [1.29, 1.82) is 0 Å². The molecule has 0 bridgehead atoms. The van der Waals surface area contributed by atoms with Crippen LogP contribution in [0.5, 0.6) is 0 Å². The second-order valence-electron chi connectivity index (χ2n) is 2.49. The first-order valence-corrected chi connectivity index (χ1v) is 3.79. The molecule has 0 atom stereocenters. The van der Waals surface area contributed by atoms with E-state index in [1.807, 2.05) is 31.3 Å². The first kappa shape index (κ1) is 7.03. The minimum Gasteiger partial charge on any atom is -0.373 e. The van der Waals surface area contributed by atoms with Crippen LogP contribution in [0.15, 0.2) is 30.6 Å². The van der Waals surface area contributed by atoms with Gasteiger partial charge in [-0.2, -0.15) is 0 Å². The van der Waals surface area contributed by atoms with Crippen LogP contribution in [-0.4, -0.2) is 17.0 Å². The Morgan fingerprint density at radius 1 is 1.17 bits per heavy atom. The molecule has 0 aliphatic rings. The Hall–Kier alpha value is -1.64. The maximum absolute atomic E-state index is 4.14. The van der Waals surface area contributed by atoms with Gasteiger partial charge in [-0.05, 0) is 12.1 Å². The summed E-state index contributed by atoms with van der Waals surface area (Å²) in [5.74, 6) is 0.876. The molecule has 0 aliphatic carbocycles. The number of nitrogens with zero attached hydrogens (tertiary/aromatic N) is 2. The van der Waals surface area contributed by atoms with E-state index in [-0.39, 0.29) is 0 Å². The van der Waals surface area contributed by atoms with Crippen LogP contribution in [0.25, 0.3) is 10.9 Å². The molecule has 3 nitrogen and oxygen atoms in total. The third kappa shape index (κ3) is 0.993. The van der Waals surface area contributed by atoms with Gasteiger partial charge in [-0.1, -0.05) is 12.1 Å². The lowest BCUT2D eigenvalue weighted by Crippen LogP contribution is -1.93. The number of fused-ring (bicyclic) bond motifs is 1. The average Bonchev–Trinajstić information content (AvgIpc) is 2.17. The van der Waals surface area contributed by atoms with Crippen LogP contribution < -0.4 is 5.32 Å². The van der Waals surface area contributed by atoms with E-state index in [9.17, 15) is 0 Å². The third-order valence-corrected chi connectivity index (χ3v) is 1.78. The monoisotopic (exact) mass is 159 g/mol. The maximum atomic E-state index is 4.14. The van der Waals surface area contributed by atoms with Crippen molar-refractivity contribution in [3.63, 3.8) is 0 Å². The largest absolute Gasteiger partial charge is 0.373 e. The molecule has 0 saturated carbocycles. The molecule has 1 aromatic carbocycles. The summed E-state index contributed by atoms with van der Waals surface area (Å²) in [6.07, 6.45) is 1.56. The molecule has 1 aromatic heterocycles. The highest BCUT2D eigenvalue weighted by Crippen LogP contribution is 2.16. The maximum Gasteiger partial charge on any atom is 0.137 e. The molecule has 0 spiro atoms. The fourth-order valence-electron chi connectivity index (χ4n) is 1.20. The van der Waals surface area contributed by atoms with E-state index in [2.05, 4.69) is 15.3 Å². The standard InChI is InChI=1S/C9H9N3/c1-10-9-7-4-2-3-5-8(7)11-6-12-9/h2-6H,1H3,(H,10,11,12). The Kier molecular flexibility index (Phi) is 1.63. The number of nitrogens with one attached hydrogen (secondary N) is 1. The second-order valence-corrected chi connectivity index (χ2v) is 2.49. The molecule has 0 unspecified atom stereocenters. The van der Waals surface area contributed by atoms with Crippen LogP contribution in [0.4, 0.5) is 5.82 Å². The number of hydrogen-bond acceptors (Lipinski definition) is 3. The van der Waals surface area contributed by atoms with Gasteiger partial charge in [0.15, 0.2) is 0 Å². The smallest absolute Gasteiger partial charge is 0.137 e. The molecule has 1 N–H and O–H groups in total. The van der Waals surface area contributed by atoms with Gasteiger partial charge in [-0.15, -0.1) is 0 Å². The first-order valence-electron chi connectivity index (χ1n) is 3.79. The topological polar surface area (TPSA) is 37.8 Å². The van der Waals surface area contributed by atoms with Crippen LogP contribution in [0.3, 0.4) is 0 Å². The predicted octanol–water partition coefficient (Wildman–Crippen LogP) is 1.67. The normalized spacial score (nSPS) is 10.1. The Labute approximate surface area is 70.5 Å². The molecule has 0 aliphatic heterocycles.